The van der Waals surface area contributed by atoms with E-state index < -0.39 is 6.61 Å². The number of carbonyl (C=O) groups is 1. The molecule has 0 heterocycles. The molecule has 27 heavy (non-hydrogen) atoms. The second kappa shape index (κ2) is 8.24. The summed E-state index contributed by atoms with van der Waals surface area (Å²) in [7, 11) is 2.94. The van der Waals surface area contributed by atoms with Crippen molar-refractivity contribution >= 4 is 5.91 Å². The van der Waals surface area contributed by atoms with E-state index in [4.69, 9.17) is 9.47 Å². The van der Waals surface area contributed by atoms with E-state index in [1.807, 2.05) is 0 Å². The summed E-state index contributed by atoms with van der Waals surface area (Å²) in [5.41, 5.74) is 1.32. The van der Waals surface area contributed by atoms with Crippen LogP contribution < -0.4 is 14.2 Å². The number of benzene rings is 2. The topological polar surface area (TPSA) is 48.0 Å². The SMILES string of the molecule is COc1cccc(C(=O)N(Cc2ccc(OC(F)F)c(OC)c2)C2CC2)c1. The summed E-state index contributed by atoms with van der Waals surface area (Å²) in [6, 6.07) is 11.9. The average molecular weight is 377 g/mol. The van der Waals surface area contributed by atoms with Gasteiger partial charge >= 0.3 is 6.61 Å². The minimum Gasteiger partial charge on any atom is -0.497 e. The Morgan fingerprint density at radius 1 is 1.11 bits per heavy atom. The van der Waals surface area contributed by atoms with Gasteiger partial charge in [-0.05, 0) is 48.7 Å². The molecule has 3 rings (SSSR count). The van der Waals surface area contributed by atoms with Gasteiger partial charge in [0.1, 0.15) is 5.75 Å². The van der Waals surface area contributed by atoms with Crippen LogP contribution in [-0.4, -0.2) is 37.7 Å². The van der Waals surface area contributed by atoms with Gasteiger partial charge in [0, 0.05) is 18.2 Å². The first-order chi connectivity index (χ1) is 13.0. The van der Waals surface area contributed by atoms with Gasteiger partial charge in [-0.2, -0.15) is 8.78 Å². The molecule has 2 aromatic rings. The molecule has 0 radical (unpaired) electrons. The summed E-state index contributed by atoms with van der Waals surface area (Å²) in [4.78, 5) is 14.8. The third kappa shape index (κ3) is 4.67. The Morgan fingerprint density at radius 2 is 1.89 bits per heavy atom. The summed E-state index contributed by atoms with van der Waals surface area (Å²) in [6.07, 6.45) is 1.89. The van der Waals surface area contributed by atoms with Crippen LogP contribution in [0.5, 0.6) is 17.2 Å². The zero-order valence-corrected chi connectivity index (χ0v) is 15.2. The minimum absolute atomic E-state index is 0.0339. The van der Waals surface area contributed by atoms with E-state index in [1.165, 1.54) is 13.2 Å². The lowest BCUT2D eigenvalue weighted by molar-refractivity contribution is -0.0512. The van der Waals surface area contributed by atoms with Crippen LogP contribution in [-0.2, 0) is 6.54 Å². The third-order valence-corrected chi connectivity index (χ3v) is 4.36. The zero-order valence-electron chi connectivity index (χ0n) is 15.2. The van der Waals surface area contributed by atoms with Gasteiger partial charge in [0.15, 0.2) is 11.5 Å². The van der Waals surface area contributed by atoms with Crippen LogP contribution >= 0.6 is 0 Å². The third-order valence-electron chi connectivity index (χ3n) is 4.36. The van der Waals surface area contributed by atoms with E-state index in [1.54, 1.807) is 48.4 Å². The van der Waals surface area contributed by atoms with Gasteiger partial charge in [-0.15, -0.1) is 0 Å². The fourth-order valence-electron chi connectivity index (χ4n) is 2.88. The molecular formula is C20H21F2NO4. The molecule has 0 spiro atoms. The normalized spacial score (nSPS) is 13.4. The van der Waals surface area contributed by atoms with Gasteiger partial charge in [-0.25, -0.2) is 0 Å². The first kappa shape index (κ1) is 18.9. The number of hydrogen-bond acceptors (Lipinski definition) is 4. The van der Waals surface area contributed by atoms with Crippen molar-refractivity contribution in [2.75, 3.05) is 14.2 Å². The molecule has 0 N–H and O–H groups in total. The van der Waals surface area contributed by atoms with Crippen LogP contribution in [0.1, 0.15) is 28.8 Å². The molecule has 1 aliphatic rings. The molecule has 1 fully saturated rings. The predicted octanol–water partition coefficient (Wildman–Crippen LogP) is 4.11. The Morgan fingerprint density at radius 3 is 2.52 bits per heavy atom. The zero-order chi connectivity index (χ0) is 19.4. The number of nitrogens with zero attached hydrogens (tertiary/aromatic N) is 1. The van der Waals surface area contributed by atoms with Crippen molar-refractivity contribution in [1.82, 2.24) is 4.90 Å². The maximum Gasteiger partial charge on any atom is 0.387 e. The predicted molar refractivity (Wildman–Crippen MR) is 95.5 cm³/mol. The van der Waals surface area contributed by atoms with E-state index in [0.29, 0.717) is 17.9 Å². The molecule has 0 bridgehead atoms. The van der Waals surface area contributed by atoms with Crippen LogP contribution in [0.3, 0.4) is 0 Å². The molecule has 1 saturated carbocycles. The quantitative estimate of drug-likeness (QED) is 0.695. The Kier molecular flexibility index (Phi) is 5.78. The summed E-state index contributed by atoms with van der Waals surface area (Å²) in [6.45, 7) is -2.58. The molecule has 1 aliphatic carbocycles. The molecule has 0 aromatic heterocycles. The number of methoxy groups -OCH3 is 2. The molecule has 2 aromatic carbocycles. The van der Waals surface area contributed by atoms with Gasteiger partial charge in [-0.3, -0.25) is 4.79 Å². The maximum absolute atomic E-state index is 13.0. The van der Waals surface area contributed by atoms with E-state index in [2.05, 4.69) is 4.74 Å². The standard InChI is InChI=1S/C20H21F2NO4/c1-25-16-5-3-4-14(11-16)19(24)23(15-7-8-15)12-13-6-9-17(27-20(21)22)18(10-13)26-2/h3-6,9-11,15,20H,7-8,12H2,1-2H3. The summed E-state index contributed by atoms with van der Waals surface area (Å²) in [5.74, 6) is 0.695. The largest absolute Gasteiger partial charge is 0.497 e. The van der Waals surface area contributed by atoms with Crippen LogP contribution in [0, 0.1) is 0 Å². The molecule has 7 heteroatoms. The molecule has 1 amide bonds. The van der Waals surface area contributed by atoms with Crippen molar-refractivity contribution in [2.45, 2.75) is 32.0 Å². The van der Waals surface area contributed by atoms with Gasteiger partial charge in [0.05, 0.1) is 14.2 Å². The molecular weight excluding hydrogens is 356 g/mol. The lowest BCUT2D eigenvalue weighted by atomic mass is 10.1. The number of halogens is 2. The molecule has 0 atom stereocenters. The van der Waals surface area contributed by atoms with Crippen molar-refractivity contribution in [1.29, 1.82) is 0 Å². The second-order valence-electron chi connectivity index (χ2n) is 6.26. The molecule has 0 saturated heterocycles. The van der Waals surface area contributed by atoms with Crippen LogP contribution in [0.25, 0.3) is 0 Å². The highest BCUT2D eigenvalue weighted by Gasteiger charge is 2.33. The highest BCUT2D eigenvalue weighted by atomic mass is 19.3. The number of alkyl halides is 2. The van der Waals surface area contributed by atoms with Crippen molar-refractivity contribution in [3.05, 3.63) is 53.6 Å². The summed E-state index contributed by atoms with van der Waals surface area (Å²) < 4.78 is 39.7. The highest BCUT2D eigenvalue weighted by molar-refractivity contribution is 5.95. The van der Waals surface area contributed by atoms with Crippen molar-refractivity contribution < 1.29 is 27.8 Å². The van der Waals surface area contributed by atoms with Crippen LogP contribution in [0.4, 0.5) is 8.78 Å². The van der Waals surface area contributed by atoms with Gasteiger partial charge in [0.2, 0.25) is 0 Å². The monoisotopic (exact) mass is 377 g/mol. The summed E-state index contributed by atoms with van der Waals surface area (Å²) in [5, 5.41) is 0. The van der Waals surface area contributed by atoms with Crippen molar-refractivity contribution in [2.24, 2.45) is 0 Å². The number of carbonyl (C=O) groups excluding carboxylic acids is 1. The number of ether oxygens (including phenoxy) is 3. The van der Waals surface area contributed by atoms with Crippen molar-refractivity contribution in [3.8, 4) is 17.2 Å². The van der Waals surface area contributed by atoms with Crippen LogP contribution in [0.15, 0.2) is 42.5 Å². The van der Waals surface area contributed by atoms with E-state index in [9.17, 15) is 13.6 Å². The molecule has 144 valence electrons. The first-order valence-corrected chi connectivity index (χ1v) is 8.58. The maximum atomic E-state index is 13.0. The Labute approximate surface area is 156 Å². The van der Waals surface area contributed by atoms with E-state index in [-0.39, 0.29) is 23.4 Å². The number of rotatable bonds is 8. The first-order valence-electron chi connectivity index (χ1n) is 8.58. The number of hydrogen-bond donors (Lipinski definition) is 0. The summed E-state index contributed by atoms with van der Waals surface area (Å²) >= 11 is 0. The molecule has 0 aliphatic heterocycles. The lowest BCUT2D eigenvalue weighted by Crippen LogP contribution is -2.32. The Hall–Kier alpha value is -2.83. The molecule has 5 nitrogen and oxygen atoms in total. The van der Waals surface area contributed by atoms with Crippen molar-refractivity contribution in [3.63, 3.8) is 0 Å². The Bertz CT molecular complexity index is 808. The van der Waals surface area contributed by atoms with Gasteiger partial charge < -0.3 is 19.1 Å². The Balaban J connectivity index is 1.81. The average Bonchev–Trinajstić information content (AvgIpc) is 3.51. The molecule has 0 unspecified atom stereocenters. The minimum atomic E-state index is -2.93. The number of amides is 1. The fraction of sp³-hybridized carbons (Fsp3) is 0.350. The van der Waals surface area contributed by atoms with E-state index >= 15 is 0 Å². The smallest absolute Gasteiger partial charge is 0.387 e. The highest BCUT2D eigenvalue weighted by Crippen LogP contribution is 2.33. The second-order valence-corrected chi connectivity index (χ2v) is 6.26. The van der Waals surface area contributed by atoms with E-state index in [0.717, 1.165) is 18.4 Å². The van der Waals surface area contributed by atoms with Crippen LogP contribution in [0.2, 0.25) is 0 Å². The van der Waals surface area contributed by atoms with Gasteiger partial charge in [0.25, 0.3) is 5.91 Å². The lowest BCUT2D eigenvalue weighted by Gasteiger charge is -2.23. The fourth-order valence-corrected chi connectivity index (χ4v) is 2.88. The van der Waals surface area contributed by atoms with Gasteiger partial charge in [-0.1, -0.05) is 12.1 Å².